The second kappa shape index (κ2) is 8.00. The molecular formula is C25H23N3O4. The number of fused-ring (bicyclic) bond motifs is 2. The van der Waals surface area contributed by atoms with E-state index in [4.69, 9.17) is 4.74 Å². The van der Waals surface area contributed by atoms with Gasteiger partial charge in [0.25, 0.3) is 5.91 Å². The fraction of sp³-hybridized carbons (Fsp3) is 0.240. The molecule has 2 aliphatic heterocycles. The lowest BCUT2D eigenvalue weighted by atomic mass is 10.0. The molecule has 0 aromatic heterocycles. The van der Waals surface area contributed by atoms with Crippen LogP contribution in [0.15, 0.2) is 66.7 Å². The highest BCUT2D eigenvalue weighted by atomic mass is 16.5. The number of nitrogens with one attached hydrogen (secondary N) is 1. The SMILES string of the molecule is CNC(=O)[C@H]1CN(C(=O)[C@H]2CC(=O)N(c3cccc4ccccc34)C2)c2ccccc2O1. The Hall–Kier alpha value is -3.87. The number of carbonyl (C=O) groups excluding carboxylic acids is 3. The van der Waals surface area contributed by atoms with E-state index >= 15 is 0 Å². The summed E-state index contributed by atoms with van der Waals surface area (Å²) < 4.78 is 5.80. The maximum atomic E-state index is 13.6. The molecule has 7 heteroatoms. The number of hydrogen-bond acceptors (Lipinski definition) is 4. The van der Waals surface area contributed by atoms with Crippen LogP contribution in [0.5, 0.6) is 5.75 Å². The van der Waals surface area contributed by atoms with Crippen LogP contribution < -0.4 is 19.9 Å². The topological polar surface area (TPSA) is 79.0 Å². The van der Waals surface area contributed by atoms with Crippen molar-refractivity contribution in [3.63, 3.8) is 0 Å². The van der Waals surface area contributed by atoms with Crippen molar-refractivity contribution in [3.05, 3.63) is 66.7 Å². The lowest BCUT2D eigenvalue weighted by Crippen LogP contribution is -2.51. The summed E-state index contributed by atoms with van der Waals surface area (Å²) in [4.78, 5) is 42.0. The zero-order valence-electron chi connectivity index (χ0n) is 17.7. The standard InChI is InChI=1S/C25H23N3O4/c1-26-24(30)22-15-28(20-10-4-5-12-21(20)32-22)25(31)17-13-23(29)27(14-17)19-11-6-8-16-7-2-3-9-18(16)19/h2-12,17,22H,13-15H2,1H3,(H,26,30)/t17-,22+/m0/s1. The second-order valence-electron chi connectivity index (χ2n) is 8.04. The predicted octanol–water partition coefficient (Wildman–Crippen LogP) is 2.73. The van der Waals surface area contributed by atoms with Gasteiger partial charge in [-0.3, -0.25) is 14.4 Å². The quantitative estimate of drug-likeness (QED) is 0.695. The fourth-order valence-corrected chi connectivity index (χ4v) is 4.51. The van der Waals surface area contributed by atoms with E-state index < -0.39 is 12.0 Å². The molecule has 1 saturated heterocycles. The molecule has 1 N–H and O–H groups in total. The summed E-state index contributed by atoms with van der Waals surface area (Å²) in [5.74, 6) is -0.569. The Bertz CT molecular complexity index is 1220. The average molecular weight is 429 g/mol. The van der Waals surface area contributed by atoms with Gasteiger partial charge in [0.2, 0.25) is 11.8 Å². The number of amides is 3. The van der Waals surface area contributed by atoms with Crippen LogP contribution in [0.4, 0.5) is 11.4 Å². The number of ether oxygens (including phenoxy) is 1. The molecule has 2 heterocycles. The average Bonchev–Trinajstić information content (AvgIpc) is 3.23. The van der Waals surface area contributed by atoms with Gasteiger partial charge in [-0.1, -0.05) is 48.5 Å². The minimum Gasteiger partial charge on any atom is -0.477 e. The summed E-state index contributed by atoms with van der Waals surface area (Å²) in [5, 5.41) is 4.61. The van der Waals surface area contributed by atoms with E-state index in [1.54, 1.807) is 28.0 Å². The van der Waals surface area contributed by atoms with Crippen LogP contribution in [0.3, 0.4) is 0 Å². The molecule has 0 unspecified atom stereocenters. The molecule has 3 amide bonds. The maximum absolute atomic E-state index is 13.6. The van der Waals surface area contributed by atoms with Crippen LogP contribution >= 0.6 is 0 Å². The van der Waals surface area contributed by atoms with E-state index in [2.05, 4.69) is 5.32 Å². The van der Waals surface area contributed by atoms with Gasteiger partial charge in [0, 0.05) is 25.4 Å². The van der Waals surface area contributed by atoms with Crippen molar-refractivity contribution in [2.75, 3.05) is 29.9 Å². The third-order valence-corrected chi connectivity index (χ3v) is 6.11. The highest BCUT2D eigenvalue weighted by Crippen LogP contribution is 2.37. The molecule has 162 valence electrons. The van der Waals surface area contributed by atoms with Gasteiger partial charge in [-0.15, -0.1) is 0 Å². The predicted molar refractivity (Wildman–Crippen MR) is 122 cm³/mol. The van der Waals surface area contributed by atoms with Crippen molar-refractivity contribution in [1.29, 1.82) is 0 Å². The third-order valence-electron chi connectivity index (χ3n) is 6.11. The van der Waals surface area contributed by atoms with Crippen molar-refractivity contribution in [3.8, 4) is 5.75 Å². The molecule has 2 aliphatic rings. The Balaban J connectivity index is 1.44. The van der Waals surface area contributed by atoms with Crippen LogP contribution in [0, 0.1) is 5.92 Å². The zero-order chi connectivity index (χ0) is 22.2. The van der Waals surface area contributed by atoms with Crippen molar-refractivity contribution in [1.82, 2.24) is 5.32 Å². The minimum atomic E-state index is -0.801. The van der Waals surface area contributed by atoms with E-state index in [9.17, 15) is 14.4 Å². The minimum absolute atomic E-state index is 0.0795. The molecule has 0 spiro atoms. The molecule has 0 radical (unpaired) electrons. The Morgan fingerprint density at radius 2 is 1.66 bits per heavy atom. The van der Waals surface area contributed by atoms with Crippen molar-refractivity contribution in [2.45, 2.75) is 12.5 Å². The summed E-state index contributed by atoms with van der Waals surface area (Å²) in [5.41, 5.74) is 1.43. The van der Waals surface area contributed by atoms with Crippen LogP contribution in [0.25, 0.3) is 10.8 Å². The maximum Gasteiger partial charge on any atom is 0.262 e. The van der Waals surface area contributed by atoms with E-state index in [1.807, 2.05) is 48.5 Å². The first-order valence-electron chi connectivity index (χ1n) is 10.6. The molecule has 7 nitrogen and oxygen atoms in total. The van der Waals surface area contributed by atoms with Crippen LogP contribution in [0.1, 0.15) is 6.42 Å². The second-order valence-corrected chi connectivity index (χ2v) is 8.04. The molecule has 0 bridgehead atoms. The van der Waals surface area contributed by atoms with Gasteiger partial charge in [0.15, 0.2) is 6.10 Å². The normalized spacial score (nSPS) is 20.1. The summed E-state index contributed by atoms with van der Waals surface area (Å²) in [6.45, 7) is 0.407. The summed E-state index contributed by atoms with van der Waals surface area (Å²) >= 11 is 0. The lowest BCUT2D eigenvalue weighted by molar-refractivity contribution is -0.128. The van der Waals surface area contributed by atoms with Gasteiger partial charge in [0.05, 0.1) is 23.8 Å². The number of hydrogen-bond donors (Lipinski definition) is 1. The number of carbonyl (C=O) groups is 3. The zero-order valence-corrected chi connectivity index (χ0v) is 17.7. The number of anilines is 2. The molecule has 0 aliphatic carbocycles. The molecular weight excluding hydrogens is 406 g/mol. The first-order valence-corrected chi connectivity index (χ1v) is 10.6. The first-order chi connectivity index (χ1) is 15.6. The first kappa shape index (κ1) is 20.1. The monoisotopic (exact) mass is 429 g/mol. The molecule has 0 saturated carbocycles. The smallest absolute Gasteiger partial charge is 0.262 e. The van der Waals surface area contributed by atoms with E-state index in [-0.39, 0.29) is 30.7 Å². The van der Waals surface area contributed by atoms with Gasteiger partial charge >= 0.3 is 0 Å². The van der Waals surface area contributed by atoms with Crippen molar-refractivity contribution >= 4 is 39.9 Å². The Morgan fingerprint density at radius 1 is 0.938 bits per heavy atom. The highest BCUT2D eigenvalue weighted by molar-refractivity contribution is 6.09. The van der Waals surface area contributed by atoms with Crippen LogP contribution in [-0.2, 0) is 14.4 Å². The van der Waals surface area contributed by atoms with Gasteiger partial charge < -0.3 is 19.9 Å². The summed E-state index contributed by atoms with van der Waals surface area (Å²) in [6.07, 6.45) is -0.670. The van der Waals surface area contributed by atoms with Crippen LogP contribution in [-0.4, -0.2) is 44.0 Å². The molecule has 3 aromatic carbocycles. The van der Waals surface area contributed by atoms with Gasteiger partial charge in [-0.25, -0.2) is 0 Å². The molecule has 5 rings (SSSR count). The number of para-hydroxylation sites is 2. The Kier molecular flexibility index (Phi) is 5.01. The Morgan fingerprint density at radius 3 is 2.50 bits per heavy atom. The molecule has 3 aromatic rings. The number of benzene rings is 3. The largest absolute Gasteiger partial charge is 0.477 e. The number of likely N-dealkylation sites (N-methyl/N-ethyl adjacent to an activating group) is 1. The molecule has 32 heavy (non-hydrogen) atoms. The molecule has 1 fully saturated rings. The molecule has 2 atom stereocenters. The Labute approximate surface area is 185 Å². The highest BCUT2D eigenvalue weighted by Gasteiger charge is 2.41. The van der Waals surface area contributed by atoms with Crippen LogP contribution in [0.2, 0.25) is 0 Å². The fourth-order valence-electron chi connectivity index (χ4n) is 4.51. The van der Waals surface area contributed by atoms with E-state index in [0.717, 1.165) is 16.5 Å². The third kappa shape index (κ3) is 3.36. The van der Waals surface area contributed by atoms with E-state index in [0.29, 0.717) is 18.0 Å². The summed E-state index contributed by atoms with van der Waals surface area (Å²) in [7, 11) is 1.54. The summed E-state index contributed by atoms with van der Waals surface area (Å²) in [6, 6.07) is 20.9. The van der Waals surface area contributed by atoms with Gasteiger partial charge in [0.1, 0.15) is 5.75 Å². The number of nitrogens with zero attached hydrogens (tertiary/aromatic N) is 2. The number of rotatable bonds is 3. The van der Waals surface area contributed by atoms with Crippen molar-refractivity contribution < 1.29 is 19.1 Å². The van der Waals surface area contributed by atoms with E-state index in [1.165, 1.54) is 7.05 Å². The van der Waals surface area contributed by atoms with Gasteiger partial charge in [-0.2, -0.15) is 0 Å². The van der Waals surface area contributed by atoms with Gasteiger partial charge in [-0.05, 0) is 23.6 Å². The lowest BCUT2D eigenvalue weighted by Gasteiger charge is -2.35. The van der Waals surface area contributed by atoms with Crippen molar-refractivity contribution in [2.24, 2.45) is 5.92 Å².